The van der Waals surface area contributed by atoms with Gasteiger partial charge in [-0.05, 0) is 25.0 Å². The Labute approximate surface area is 96.4 Å². The van der Waals surface area contributed by atoms with E-state index in [2.05, 4.69) is 13.8 Å². The van der Waals surface area contributed by atoms with E-state index in [0.717, 1.165) is 6.54 Å². The first-order valence-electron chi connectivity index (χ1n) is 5.66. The maximum atomic E-state index is 12.0. The van der Waals surface area contributed by atoms with Crippen LogP contribution in [-0.4, -0.2) is 23.9 Å². The van der Waals surface area contributed by atoms with Gasteiger partial charge in [0.2, 0.25) is 0 Å². The van der Waals surface area contributed by atoms with Gasteiger partial charge >= 0.3 is 0 Å². The van der Waals surface area contributed by atoms with Crippen LogP contribution in [0.2, 0.25) is 0 Å². The fraction of sp³-hybridized carbons (Fsp3) is 0.583. The maximum Gasteiger partial charge on any atom is 0.289 e. The molecule has 1 aromatic rings. The first-order chi connectivity index (χ1) is 7.58. The Morgan fingerprint density at radius 2 is 2.19 bits per heavy atom. The zero-order valence-corrected chi connectivity index (χ0v) is 10.2. The number of carbonyl (C=O) groups is 1. The molecule has 4 nitrogen and oxygen atoms in total. The topological polar surface area (TPSA) is 59.5 Å². The van der Waals surface area contributed by atoms with Crippen LogP contribution in [0.15, 0.2) is 16.5 Å². The minimum atomic E-state index is -0.0594. The van der Waals surface area contributed by atoms with Crippen molar-refractivity contribution in [1.29, 1.82) is 0 Å². The van der Waals surface area contributed by atoms with Crippen molar-refractivity contribution >= 4 is 5.91 Å². The van der Waals surface area contributed by atoms with Crippen molar-refractivity contribution in [2.45, 2.75) is 27.3 Å². The quantitative estimate of drug-likeness (QED) is 0.830. The Kier molecular flexibility index (Phi) is 4.55. The van der Waals surface area contributed by atoms with Crippen LogP contribution in [0.4, 0.5) is 0 Å². The van der Waals surface area contributed by atoms with E-state index < -0.39 is 0 Å². The van der Waals surface area contributed by atoms with E-state index >= 15 is 0 Å². The average Bonchev–Trinajstić information content (AvgIpc) is 2.73. The van der Waals surface area contributed by atoms with Gasteiger partial charge in [-0.1, -0.05) is 13.8 Å². The molecule has 16 heavy (non-hydrogen) atoms. The summed E-state index contributed by atoms with van der Waals surface area (Å²) >= 11 is 0. The fourth-order valence-electron chi connectivity index (χ4n) is 1.55. The van der Waals surface area contributed by atoms with E-state index in [1.807, 2.05) is 6.92 Å². The molecule has 0 aliphatic heterocycles. The molecule has 0 bridgehead atoms. The van der Waals surface area contributed by atoms with Gasteiger partial charge < -0.3 is 15.1 Å². The normalized spacial score (nSPS) is 10.8. The predicted molar refractivity (Wildman–Crippen MR) is 63.0 cm³/mol. The molecular formula is C12H20N2O2. The van der Waals surface area contributed by atoms with Crippen molar-refractivity contribution in [3.05, 3.63) is 23.7 Å². The molecule has 1 amide bonds. The molecule has 90 valence electrons. The SMILES string of the molecule is CCN(CC(C)C)C(=O)c1ccc(CN)o1. The molecule has 4 heteroatoms. The number of nitrogens with zero attached hydrogens (tertiary/aromatic N) is 1. The van der Waals surface area contributed by atoms with Gasteiger partial charge in [-0.25, -0.2) is 0 Å². The molecule has 2 N–H and O–H groups in total. The molecule has 1 heterocycles. The van der Waals surface area contributed by atoms with Crippen LogP contribution in [0.3, 0.4) is 0 Å². The lowest BCUT2D eigenvalue weighted by Gasteiger charge is -2.21. The molecule has 0 atom stereocenters. The number of carbonyl (C=O) groups excluding carboxylic acids is 1. The summed E-state index contributed by atoms with van der Waals surface area (Å²) in [5, 5.41) is 0. The number of hydrogen-bond donors (Lipinski definition) is 1. The maximum absolute atomic E-state index is 12.0. The molecule has 0 saturated heterocycles. The summed E-state index contributed by atoms with van der Waals surface area (Å²) in [6.07, 6.45) is 0. The number of hydrogen-bond acceptors (Lipinski definition) is 3. The second-order valence-corrected chi connectivity index (χ2v) is 4.21. The minimum Gasteiger partial charge on any atom is -0.455 e. The summed E-state index contributed by atoms with van der Waals surface area (Å²) in [4.78, 5) is 13.8. The first-order valence-corrected chi connectivity index (χ1v) is 5.66. The molecule has 0 aliphatic carbocycles. The highest BCUT2D eigenvalue weighted by molar-refractivity contribution is 5.91. The zero-order chi connectivity index (χ0) is 12.1. The highest BCUT2D eigenvalue weighted by atomic mass is 16.4. The first kappa shape index (κ1) is 12.8. The van der Waals surface area contributed by atoms with Crippen molar-refractivity contribution < 1.29 is 9.21 Å². The second-order valence-electron chi connectivity index (χ2n) is 4.21. The molecule has 1 aromatic heterocycles. The van der Waals surface area contributed by atoms with Gasteiger partial charge in [0.1, 0.15) is 5.76 Å². The highest BCUT2D eigenvalue weighted by Crippen LogP contribution is 2.11. The molecule has 0 unspecified atom stereocenters. The van der Waals surface area contributed by atoms with E-state index in [0.29, 0.717) is 30.5 Å². The van der Waals surface area contributed by atoms with E-state index in [1.54, 1.807) is 17.0 Å². The monoisotopic (exact) mass is 224 g/mol. The Morgan fingerprint density at radius 1 is 1.50 bits per heavy atom. The molecule has 0 saturated carbocycles. The molecule has 1 rings (SSSR count). The van der Waals surface area contributed by atoms with Gasteiger partial charge in [0.15, 0.2) is 5.76 Å². The molecular weight excluding hydrogens is 204 g/mol. The van der Waals surface area contributed by atoms with Gasteiger partial charge in [-0.3, -0.25) is 4.79 Å². The third kappa shape index (κ3) is 3.10. The third-order valence-corrected chi connectivity index (χ3v) is 2.33. The van der Waals surface area contributed by atoms with Crippen LogP contribution in [0.5, 0.6) is 0 Å². The second kappa shape index (κ2) is 5.70. The Hall–Kier alpha value is -1.29. The van der Waals surface area contributed by atoms with E-state index in [4.69, 9.17) is 10.2 Å². The molecule has 0 fully saturated rings. The van der Waals surface area contributed by atoms with Crippen molar-refractivity contribution in [3.63, 3.8) is 0 Å². The lowest BCUT2D eigenvalue weighted by Crippen LogP contribution is -2.33. The molecule has 0 radical (unpaired) electrons. The van der Waals surface area contributed by atoms with E-state index in [1.165, 1.54) is 0 Å². The smallest absolute Gasteiger partial charge is 0.289 e. The van der Waals surface area contributed by atoms with Gasteiger partial charge in [-0.2, -0.15) is 0 Å². The summed E-state index contributed by atoms with van der Waals surface area (Å²) in [5.41, 5.74) is 5.43. The summed E-state index contributed by atoms with van der Waals surface area (Å²) in [6.45, 7) is 7.90. The number of amides is 1. The van der Waals surface area contributed by atoms with Gasteiger partial charge in [0.05, 0.1) is 6.54 Å². The third-order valence-electron chi connectivity index (χ3n) is 2.33. The standard InChI is InChI=1S/C12H20N2O2/c1-4-14(8-9(2)3)12(15)11-6-5-10(7-13)16-11/h5-6,9H,4,7-8,13H2,1-3H3. The van der Waals surface area contributed by atoms with Gasteiger partial charge in [-0.15, -0.1) is 0 Å². The Bertz CT molecular complexity index is 345. The van der Waals surface area contributed by atoms with Crippen molar-refractivity contribution in [3.8, 4) is 0 Å². The number of nitrogens with two attached hydrogens (primary N) is 1. The summed E-state index contributed by atoms with van der Waals surface area (Å²) < 4.78 is 5.34. The largest absolute Gasteiger partial charge is 0.455 e. The Balaban J connectivity index is 2.74. The zero-order valence-electron chi connectivity index (χ0n) is 10.2. The molecule has 0 aliphatic rings. The average molecular weight is 224 g/mol. The Morgan fingerprint density at radius 3 is 2.62 bits per heavy atom. The van der Waals surface area contributed by atoms with Crippen LogP contribution in [0, 0.1) is 5.92 Å². The van der Waals surface area contributed by atoms with Crippen molar-refractivity contribution in [2.24, 2.45) is 11.7 Å². The highest BCUT2D eigenvalue weighted by Gasteiger charge is 2.18. The van der Waals surface area contributed by atoms with Gasteiger partial charge in [0, 0.05) is 13.1 Å². The van der Waals surface area contributed by atoms with Crippen molar-refractivity contribution in [1.82, 2.24) is 4.90 Å². The van der Waals surface area contributed by atoms with Gasteiger partial charge in [0.25, 0.3) is 5.91 Å². The van der Waals surface area contributed by atoms with Crippen molar-refractivity contribution in [2.75, 3.05) is 13.1 Å². The van der Waals surface area contributed by atoms with Crippen LogP contribution in [-0.2, 0) is 6.54 Å². The summed E-state index contributed by atoms with van der Waals surface area (Å²) in [7, 11) is 0. The predicted octanol–water partition coefficient (Wildman–Crippen LogP) is 1.86. The number of rotatable bonds is 5. The lowest BCUT2D eigenvalue weighted by atomic mass is 10.2. The fourth-order valence-corrected chi connectivity index (χ4v) is 1.55. The van der Waals surface area contributed by atoms with Crippen LogP contribution < -0.4 is 5.73 Å². The summed E-state index contributed by atoms with van der Waals surface area (Å²) in [6, 6.07) is 3.43. The molecule has 0 aromatic carbocycles. The number of furan rings is 1. The summed E-state index contributed by atoms with van der Waals surface area (Å²) in [5.74, 6) is 1.41. The van der Waals surface area contributed by atoms with E-state index in [9.17, 15) is 4.79 Å². The van der Waals surface area contributed by atoms with Crippen LogP contribution in [0.25, 0.3) is 0 Å². The van der Waals surface area contributed by atoms with Crippen LogP contribution >= 0.6 is 0 Å². The lowest BCUT2D eigenvalue weighted by molar-refractivity contribution is 0.0712. The molecule has 0 spiro atoms. The van der Waals surface area contributed by atoms with Crippen LogP contribution in [0.1, 0.15) is 37.1 Å². The minimum absolute atomic E-state index is 0.0594. The van der Waals surface area contributed by atoms with E-state index in [-0.39, 0.29) is 5.91 Å².